The Morgan fingerprint density at radius 1 is 1.16 bits per heavy atom. The van der Waals surface area contributed by atoms with Crippen LogP contribution in [-0.2, 0) is 5.54 Å². The first kappa shape index (κ1) is 17.5. The number of rotatable bonds is 4. The molecule has 136 valence electrons. The number of likely N-dealkylation sites (tertiary alicyclic amines) is 1. The summed E-state index contributed by atoms with van der Waals surface area (Å²) in [6.07, 6.45) is 10.0. The van der Waals surface area contributed by atoms with Gasteiger partial charge in [-0.25, -0.2) is 0 Å². The van der Waals surface area contributed by atoms with E-state index in [0.29, 0.717) is 5.41 Å². The monoisotopic (exact) mass is 357 g/mol. The molecule has 3 nitrogen and oxygen atoms in total. The maximum atomic E-state index is 9.55. The van der Waals surface area contributed by atoms with Gasteiger partial charge in [0.2, 0.25) is 0 Å². The molecule has 0 N–H and O–H groups in total. The summed E-state index contributed by atoms with van der Waals surface area (Å²) in [7, 11) is 4.51. The minimum Gasteiger partial charge on any atom is -0.301 e. The molecular weight excluding hydrogens is 326 g/mol. The zero-order valence-electron chi connectivity index (χ0n) is 15.8. The molecule has 1 aliphatic heterocycles. The SMILES string of the molecule is CN(C)C1(c2cccs2)CCC2(CCN(CC3(C#N)CCC3)C2)CC1. The van der Waals surface area contributed by atoms with Crippen LogP contribution in [0.4, 0.5) is 0 Å². The molecule has 1 aromatic heterocycles. The quantitative estimate of drug-likeness (QED) is 0.797. The average molecular weight is 358 g/mol. The van der Waals surface area contributed by atoms with Crippen molar-refractivity contribution in [1.29, 1.82) is 5.26 Å². The fourth-order valence-electron chi connectivity index (χ4n) is 5.56. The van der Waals surface area contributed by atoms with E-state index in [1.807, 2.05) is 11.3 Å². The summed E-state index contributed by atoms with van der Waals surface area (Å²) >= 11 is 1.92. The summed E-state index contributed by atoms with van der Waals surface area (Å²) < 4.78 is 0. The van der Waals surface area contributed by atoms with Crippen LogP contribution in [0.15, 0.2) is 17.5 Å². The lowest BCUT2D eigenvalue weighted by Crippen LogP contribution is -2.47. The summed E-state index contributed by atoms with van der Waals surface area (Å²) in [6.45, 7) is 3.46. The van der Waals surface area contributed by atoms with E-state index >= 15 is 0 Å². The van der Waals surface area contributed by atoms with Crippen molar-refractivity contribution in [3.05, 3.63) is 22.4 Å². The highest BCUT2D eigenvalue weighted by molar-refractivity contribution is 7.10. The van der Waals surface area contributed by atoms with Crippen molar-refractivity contribution in [2.75, 3.05) is 33.7 Å². The van der Waals surface area contributed by atoms with E-state index in [0.717, 1.165) is 19.4 Å². The van der Waals surface area contributed by atoms with Crippen molar-refractivity contribution in [2.24, 2.45) is 10.8 Å². The molecule has 0 amide bonds. The number of nitriles is 1. The van der Waals surface area contributed by atoms with Crippen molar-refractivity contribution in [3.8, 4) is 6.07 Å². The number of thiophene rings is 1. The highest BCUT2D eigenvalue weighted by Gasteiger charge is 2.49. The third-order valence-electron chi connectivity index (χ3n) is 7.57. The van der Waals surface area contributed by atoms with E-state index in [9.17, 15) is 5.26 Å². The third-order valence-corrected chi connectivity index (χ3v) is 8.63. The van der Waals surface area contributed by atoms with E-state index < -0.39 is 0 Å². The lowest BCUT2D eigenvalue weighted by molar-refractivity contribution is 0.0370. The normalized spacial score (nSPS) is 35.0. The predicted octanol–water partition coefficient (Wildman–Crippen LogP) is 4.46. The van der Waals surface area contributed by atoms with Crippen LogP contribution in [0.2, 0.25) is 0 Å². The highest BCUT2D eigenvalue weighted by Crippen LogP contribution is 2.53. The van der Waals surface area contributed by atoms with Gasteiger partial charge in [-0.2, -0.15) is 5.26 Å². The number of nitrogens with zero attached hydrogens (tertiary/aromatic N) is 3. The van der Waals surface area contributed by atoms with Gasteiger partial charge in [0.1, 0.15) is 0 Å². The first-order valence-corrected chi connectivity index (χ1v) is 10.7. The molecular formula is C21H31N3S. The van der Waals surface area contributed by atoms with Crippen molar-refractivity contribution in [2.45, 2.75) is 56.9 Å². The zero-order valence-corrected chi connectivity index (χ0v) is 16.6. The molecule has 0 bridgehead atoms. The average Bonchev–Trinajstić information content (AvgIpc) is 3.23. The zero-order chi connectivity index (χ0) is 17.5. The third kappa shape index (κ3) is 2.95. The van der Waals surface area contributed by atoms with Crippen LogP contribution in [-0.4, -0.2) is 43.5 Å². The molecule has 0 aromatic carbocycles. The second-order valence-corrected chi connectivity index (χ2v) is 10.1. The van der Waals surface area contributed by atoms with Gasteiger partial charge in [0.25, 0.3) is 0 Å². The molecule has 2 aliphatic carbocycles. The molecule has 2 heterocycles. The van der Waals surface area contributed by atoms with E-state index in [-0.39, 0.29) is 11.0 Å². The molecule has 1 saturated heterocycles. The predicted molar refractivity (Wildman–Crippen MR) is 104 cm³/mol. The lowest BCUT2D eigenvalue weighted by Gasteiger charge is -2.48. The molecule has 1 spiro atoms. The summed E-state index contributed by atoms with van der Waals surface area (Å²) in [6, 6.07) is 7.16. The molecule has 0 radical (unpaired) electrons. The molecule has 4 rings (SSSR count). The topological polar surface area (TPSA) is 30.3 Å². The van der Waals surface area contributed by atoms with Gasteiger partial charge in [0.05, 0.1) is 17.0 Å². The molecule has 0 atom stereocenters. The first-order chi connectivity index (χ1) is 12.0. The van der Waals surface area contributed by atoms with E-state index in [4.69, 9.17) is 0 Å². The number of hydrogen-bond acceptors (Lipinski definition) is 4. The fourth-order valence-corrected chi connectivity index (χ4v) is 6.63. The Kier molecular flexibility index (Phi) is 4.46. The van der Waals surface area contributed by atoms with Gasteiger partial charge in [-0.1, -0.05) is 12.5 Å². The van der Waals surface area contributed by atoms with Crippen molar-refractivity contribution in [3.63, 3.8) is 0 Å². The molecule has 2 saturated carbocycles. The maximum absolute atomic E-state index is 9.55. The van der Waals surface area contributed by atoms with Crippen LogP contribution in [0, 0.1) is 22.2 Å². The van der Waals surface area contributed by atoms with Gasteiger partial charge >= 0.3 is 0 Å². The molecule has 0 unspecified atom stereocenters. The molecule has 3 aliphatic rings. The Bertz CT molecular complexity index is 631. The second-order valence-electron chi connectivity index (χ2n) is 9.11. The highest BCUT2D eigenvalue weighted by atomic mass is 32.1. The van der Waals surface area contributed by atoms with Crippen LogP contribution in [0.3, 0.4) is 0 Å². The largest absolute Gasteiger partial charge is 0.301 e. The smallest absolute Gasteiger partial charge is 0.0703 e. The Labute approximate surface area is 156 Å². The molecule has 25 heavy (non-hydrogen) atoms. The summed E-state index contributed by atoms with van der Waals surface area (Å²) in [5.74, 6) is 0. The van der Waals surface area contributed by atoms with Crippen LogP contribution < -0.4 is 0 Å². The van der Waals surface area contributed by atoms with Gasteiger partial charge < -0.3 is 4.90 Å². The van der Waals surface area contributed by atoms with Crippen molar-refractivity contribution < 1.29 is 0 Å². The standard InChI is InChI=1S/C21H31N3S/c1-23(2)21(18-5-3-14-25-18)10-8-19(9-11-21)12-13-24(16-19)17-20(15-22)6-4-7-20/h3,5,14H,4,6-13,16-17H2,1-2H3. The summed E-state index contributed by atoms with van der Waals surface area (Å²) in [4.78, 5) is 6.63. The maximum Gasteiger partial charge on any atom is 0.0703 e. The summed E-state index contributed by atoms with van der Waals surface area (Å²) in [5.41, 5.74) is 0.746. The molecule has 3 fully saturated rings. The van der Waals surface area contributed by atoms with Crippen molar-refractivity contribution >= 4 is 11.3 Å². The van der Waals surface area contributed by atoms with Crippen LogP contribution in [0.1, 0.15) is 56.2 Å². The van der Waals surface area contributed by atoms with Gasteiger partial charge in [-0.3, -0.25) is 4.90 Å². The summed E-state index contributed by atoms with van der Waals surface area (Å²) in [5, 5.41) is 11.8. The Morgan fingerprint density at radius 3 is 2.44 bits per heavy atom. The van der Waals surface area contributed by atoms with Gasteiger partial charge in [-0.05, 0) is 82.4 Å². The van der Waals surface area contributed by atoms with Crippen molar-refractivity contribution in [1.82, 2.24) is 9.80 Å². The minimum atomic E-state index is -0.00937. The fraction of sp³-hybridized carbons (Fsp3) is 0.762. The van der Waals surface area contributed by atoms with Gasteiger partial charge in [0, 0.05) is 18.0 Å². The first-order valence-electron chi connectivity index (χ1n) is 9.87. The van der Waals surface area contributed by atoms with Gasteiger partial charge in [-0.15, -0.1) is 11.3 Å². The van der Waals surface area contributed by atoms with Crippen LogP contribution >= 0.6 is 11.3 Å². The molecule has 4 heteroatoms. The Balaban J connectivity index is 1.42. The van der Waals surface area contributed by atoms with E-state index in [1.54, 1.807) is 4.88 Å². The van der Waals surface area contributed by atoms with Gasteiger partial charge in [0.15, 0.2) is 0 Å². The van der Waals surface area contributed by atoms with Crippen LogP contribution in [0.5, 0.6) is 0 Å². The minimum absolute atomic E-state index is 0.00937. The Hall–Kier alpha value is -0.890. The Morgan fingerprint density at radius 2 is 1.92 bits per heavy atom. The van der Waals surface area contributed by atoms with E-state index in [2.05, 4.69) is 47.5 Å². The van der Waals surface area contributed by atoms with E-state index in [1.165, 1.54) is 51.6 Å². The lowest BCUT2D eigenvalue weighted by atomic mass is 9.66. The molecule has 1 aromatic rings. The second kappa shape index (κ2) is 6.37. The number of hydrogen-bond donors (Lipinski definition) is 0. The van der Waals surface area contributed by atoms with Crippen LogP contribution in [0.25, 0.3) is 0 Å².